The van der Waals surface area contributed by atoms with E-state index in [9.17, 15) is 14.4 Å². The monoisotopic (exact) mass is 294 g/mol. The van der Waals surface area contributed by atoms with Crippen LogP contribution in [-0.2, 0) is 14.3 Å². The van der Waals surface area contributed by atoms with Crippen LogP contribution >= 0.6 is 0 Å². The van der Waals surface area contributed by atoms with Crippen LogP contribution in [0.1, 0.15) is 17.3 Å². The van der Waals surface area contributed by atoms with Crippen molar-refractivity contribution in [3.05, 3.63) is 23.8 Å². The van der Waals surface area contributed by atoms with Crippen molar-refractivity contribution in [3.63, 3.8) is 0 Å². The number of amides is 2. The van der Waals surface area contributed by atoms with Crippen LogP contribution in [0, 0.1) is 0 Å². The van der Waals surface area contributed by atoms with Crippen LogP contribution in [0.25, 0.3) is 0 Å². The normalized spacial score (nSPS) is 9.95. The van der Waals surface area contributed by atoms with Gasteiger partial charge in [0, 0.05) is 0 Å². The molecular formula is C13H18N4O4. The molecule has 8 nitrogen and oxygen atoms in total. The van der Waals surface area contributed by atoms with Crippen LogP contribution in [0.15, 0.2) is 18.2 Å². The van der Waals surface area contributed by atoms with Crippen molar-refractivity contribution in [1.82, 2.24) is 0 Å². The van der Waals surface area contributed by atoms with Crippen molar-refractivity contribution >= 4 is 29.2 Å². The number of benzene rings is 1. The van der Waals surface area contributed by atoms with E-state index in [2.05, 4.69) is 0 Å². The fourth-order valence-electron chi connectivity index (χ4n) is 1.76. The van der Waals surface area contributed by atoms with E-state index in [1.54, 1.807) is 6.92 Å². The Bertz CT molecular complexity index is 543. The second-order valence-corrected chi connectivity index (χ2v) is 4.28. The number of primary amides is 2. The first-order valence-electron chi connectivity index (χ1n) is 6.23. The third-order valence-corrected chi connectivity index (χ3v) is 2.58. The van der Waals surface area contributed by atoms with Crippen molar-refractivity contribution in [2.45, 2.75) is 6.92 Å². The molecule has 0 radical (unpaired) electrons. The van der Waals surface area contributed by atoms with Gasteiger partial charge in [-0.05, 0) is 25.1 Å². The summed E-state index contributed by atoms with van der Waals surface area (Å²) in [5, 5.41) is 0. The molecule has 0 aliphatic rings. The van der Waals surface area contributed by atoms with Gasteiger partial charge in [0.25, 0.3) is 0 Å². The highest BCUT2D eigenvalue weighted by molar-refractivity contribution is 5.93. The minimum absolute atomic E-state index is 0.227. The van der Waals surface area contributed by atoms with Gasteiger partial charge in [-0.25, -0.2) is 4.79 Å². The summed E-state index contributed by atoms with van der Waals surface area (Å²) in [6.45, 7) is 1.41. The SMILES string of the molecule is CCOC(=O)c1ccc(N)c(N(CC(N)=O)CC(N)=O)c1. The number of esters is 1. The maximum Gasteiger partial charge on any atom is 0.338 e. The van der Waals surface area contributed by atoms with Crippen molar-refractivity contribution in [2.75, 3.05) is 30.3 Å². The lowest BCUT2D eigenvalue weighted by Gasteiger charge is -2.23. The first-order chi connectivity index (χ1) is 9.85. The van der Waals surface area contributed by atoms with Crippen LogP contribution in [0.5, 0.6) is 0 Å². The smallest absolute Gasteiger partial charge is 0.338 e. The molecule has 1 aromatic carbocycles. The minimum Gasteiger partial charge on any atom is -0.462 e. The summed E-state index contributed by atoms with van der Waals surface area (Å²) < 4.78 is 4.88. The fourth-order valence-corrected chi connectivity index (χ4v) is 1.76. The lowest BCUT2D eigenvalue weighted by Crippen LogP contribution is -2.40. The number of hydrogen-bond donors (Lipinski definition) is 3. The number of nitrogens with zero attached hydrogens (tertiary/aromatic N) is 1. The van der Waals surface area contributed by atoms with Crippen LogP contribution in [-0.4, -0.2) is 37.5 Å². The Balaban J connectivity index is 3.16. The third-order valence-electron chi connectivity index (χ3n) is 2.58. The van der Waals surface area contributed by atoms with E-state index in [0.29, 0.717) is 5.69 Å². The zero-order chi connectivity index (χ0) is 16.0. The molecule has 21 heavy (non-hydrogen) atoms. The van der Waals surface area contributed by atoms with Gasteiger partial charge in [-0.1, -0.05) is 0 Å². The first-order valence-corrected chi connectivity index (χ1v) is 6.23. The van der Waals surface area contributed by atoms with E-state index in [1.807, 2.05) is 0 Å². The summed E-state index contributed by atoms with van der Waals surface area (Å²) >= 11 is 0. The minimum atomic E-state index is -0.655. The molecule has 0 bridgehead atoms. The molecule has 6 N–H and O–H groups in total. The van der Waals surface area contributed by atoms with E-state index in [0.717, 1.165) is 0 Å². The Morgan fingerprint density at radius 3 is 2.19 bits per heavy atom. The Morgan fingerprint density at radius 2 is 1.71 bits per heavy atom. The molecule has 0 spiro atoms. The number of hydrogen-bond acceptors (Lipinski definition) is 6. The maximum absolute atomic E-state index is 11.7. The fraction of sp³-hybridized carbons (Fsp3) is 0.308. The van der Waals surface area contributed by atoms with E-state index >= 15 is 0 Å². The molecule has 8 heteroatoms. The lowest BCUT2D eigenvalue weighted by molar-refractivity contribution is -0.117. The first kappa shape index (κ1) is 16.3. The summed E-state index contributed by atoms with van der Waals surface area (Å²) in [6, 6.07) is 4.40. The summed E-state index contributed by atoms with van der Waals surface area (Å²) in [5.41, 5.74) is 16.9. The summed E-state index contributed by atoms with van der Waals surface area (Å²) in [4.78, 5) is 35.2. The largest absolute Gasteiger partial charge is 0.462 e. The van der Waals surface area contributed by atoms with Gasteiger partial charge in [-0.15, -0.1) is 0 Å². The molecule has 0 aliphatic carbocycles. The molecule has 0 aliphatic heterocycles. The summed E-state index contributed by atoms with van der Waals surface area (Å²) in [7, 11) is 0. The third kappa shape index (κ3) is 4.68. The van der Waals surface area contributed by atoms with Crippen LogP contribution < -0.4 is 22.1 Å². The molecule has 0 saturated heterocycles. The van der Waals surface area contributed by atoms with E-state index in [4.69, 9.17) is 21.9 Å². The maximum atomic E-state index is 11.7. The van der Waals surface area contributed by atoms with Gasteiger partial charge >= 0.3 is 5.97 Å². The molecule has 1 rings (SSSR count). The molecule has 0 saturated carbocycles. The second-order valence-electron chi connectivity index (χ2n) is 4.28. The van der Waals surface area contributed by atoms with E-state index in [-0.39, 0.29) is 30.9 Å². The molecule has 0 heterocycles. The topological polar surface area (TPSA) is 142 Å². The Hall–Kier alpha value is -2.77. The van der Waals surface area contributed by atoms with Gasteiger partial charge in [0.2, 0.25) is 11.8 Å². The molecule has 2 amide bonds. The number of ether oxygens (including phenoxy) is 1. The van der Waals surface area contributed by atoms with Crippen LogP contribution in [0.3, 0.4) is 0 Å². The molecule has 1 aromatic rings. The van der Waals surface area contributed by atoms with Gasteiger partial charge in [0.05, 0.1) is 36.6 Å². The number of carbonyl (C=O) groups excluding carboxylic acids is 3. The van der Waals surface area contributed by atoms with Gasteiger partial charge in [0.1, 0.15) is 0 Å². The highest BCUT2D eigenvalue weighted by atomic mass is 16.5. The number of rotatable bonds is 7. The molecule has 0 atom stereocenters. The number of nitrogen functional groups attached to an aromatic ring is 1. The highest BCUT2D eigenvalue weighted by Crippen LogP contribution is 2.24. The molecule has 114 valence electrons. The second kappa shape index (κ2) is 7.13. The van der Waals surface area contributed by atoms with Crippen molar-refractivity contribution in [2.24, 2.45) is 11.5 Å². The zero-order valence-corrected chi connectivity index (χ0v) is 11.7. The Labute approximate surface area is 121 Å². The molecule has 0 fully saturated rings. The Kier molecular flexibility index (Phi) is 5.53. The number of carbonyl (C=O) groups is 3. The Morgan fingerprint density at radius 1 is 1.14 bits per heavy atom. The van der Waals surface area contributed by atoms with Crippen LogP contribution in [0.2, 0.25) is 0 Å². The predicted molar refractivity (Wildman–Crippen MR) is 77.4 cm³/mol. The van der Waals surface area contributed by atoms with Crippen molar-refractivity contribution in [1.29, 1.82) is 0 Å². The highest BCUT2D eigenvalue weighted by Gasteiger charge is 2.17. The number of anilines is 2. The lowest BCUT2D eigenvalue weighted by atomic mass is 10.1. The summed E-state index contributed by atoms with van der Waals surface area (Å²) in [6.07, 6.45) is 0. The zero-order valence-electron chi connectivity index (χ0n) is 11.7. The quantitative estimate of drug-likeness (QED) is 0.445. The summed E-state index contributed by atoms with van der Waals surface area (Å²) in [5.74, 6) is -1.84. The molecule has 0 aromatic heterocycles. The van der Waals surface area contributed by atoms with E-state index < -0.39 is 17.8 Å². The molecule has 0 unspecified atom stereocenters. The van der Waals surface area contributed by atoms with Gasteiger partial charge in [0.15, 0.2) is 0 Å². The van der Waals surface area contributed by atoms with E-state index in [1.165, 1.54) is 23.1 Å². The van der Waals surface area contributed by atoms with Gasteiger partial charge in [-0.2, -0.15) is 0 Å². The van der Waals surface area contributed by atoms with Crippen LogP contribution in [0.4, 0.5) is 11.4 Å². The van der Waals surface area contributed by atoms with Crippen molar-refractivity contribution in [3.8, 4) is 0 Å². The predicted octanol–water partition coefficient (Wildman–Crippen LogP) is -0.777. The van der Waals surface area contributed by atoms with Gasteiger partial charge in [-0.3, -0.25) is 9.59 Å². The van der Waals surface area contributed by atoms with Crippen molar-refractivity contribution < 1.29 is 19.1 Å². The standard InChI is InChI=1S/C13H18N4O4/c1-2-21-13(20)8-3-4-9(14)10(5-8)17(6-11(15)18)7-12(16)19/h3-5H,2,6-7,14H2,1H3,(H2,15,18)(H2,16,19). The van der Waals surface area contributed by atoms with Gasteiger partial charge < -0.3 is 26.8 Å². The average Bonchev–Trinajstić information content (AvgIpc) is 2.37. The average molecular weight is 294 g/mol. The number of nitrogens with two attached hydrogens (primary N) is 3. The molecular weight excluding hydrogens is 276 g/mol.